The highest BCUT2D eigenvalue weighted by atomic mass is 19.1. The van der Waals surface area contributed by atoms with Crippen LogP contribution in [0.3, 0.4) is 0 Å². The maximum Gasteiger partial charge on any atom is 0.339 e. The summed E-state index contributed by atoms with van der Waals surface area (Å²) in [5.41, 5.74) is 4.00. The number of nitrogens with zero attached hydrogens (tertiary/aromatic N) is 2. The van der Waals surface area contributed by atoms with Crippen LogP contribution < -0.4 is 5.32 Å². The molecule has 0 aliphatic heterocycles. The number of pyridine rings is 1. The Bertz CT molecular complexity index is 1650. The smallest absolute Gasteiger partial charge is 0.339 e. The van der Waals surface area contributed by atoms with Gasteiger partial charge >= 0.3 is 11.9 Å². The number of rotatable bonds is 13. The molecular formula is C35H38FN3O7. The molecule has 0 spiro atoms. The second kappa shape index (κ2) is 15.4. The minimum Gasteiger partial charge on any atom is -0.469 e. The van der Waals surface area contributed by atoms with Gasteiger partial charge in [0.25, 0.3) is 5.91 Å². The third kappa shape index (κ3) is 8.04. The van der Waals surface area contributed by atoms with Gasteiger partial charge < -0.3 is 29.6 Å². The zero-order chi connectivity index (χ0) is 33.4. The number of hydrogen-bond acceptors (Lipinski definition) is 8. The normalized spacial score (nSPS) is 12.4. The van der Waals surface area contributed by atoms with Crippen LogP contribution in [0.1, 0.15) is 65.7 Å². The van der Waals surface area contributed by atoms with Crippen molar-refractivity contribution in [2.45, 2.75) is 57.8 Å². The molecule has 0 saturated heterocycles. The lowest BCUT2D eigenvalue weighted by Crippen LogP contribution is -2.23. The average molecular weight is 632 g/mol. The van der Waals surface area contributed by atoms with Gasteiger partial charge in [0.2, 0.25) is 0 Å². The van der Waals surface area contributed by atoms with Crippen LogP contribution in [0.15, 0.2) is 72.9 Å². The van der Waals surface area contributed by atoms with Crippen LogP contribution in [-0.2, 0) is 20.7 Å². The number of halogens is 1. The Balaban J connectivity index is 1.84. The molecule has 0 radical (unpaired) electrons. The number of nitrogens with one attached hydrogen (secondary N) is 1. The van der Waals surface area contributed by atoms with Gasteiger partial charge in [-0.25, -0.2) is 14.2 Å². The first-order chi connectivity index (χ1) is 22.0. The molecule has 4 rings (SSSR count). The maximum atomic E-state index is 14.2. The molecule has 242 valence electrons. The predicted octanol–water partition coefficient (Wildman–Crippen LogP) is 5.58. The third-order valence-corrected chi connectivity index (χ3v) is 7.55. The van der Waals surface area contributed by atoms with Gasteiger partial charge in [-0.3, -0.25) is 9.59 Å². The fraction of sp³-hybridized carbons (Fsp3) is 0.314. The Hall–Kier alpha value is -4.87. The standard InChI is InChI=1S/C35H38FN3O7/c1-21(2)39-28(16-15-26(40)18-27(41)19-30(42)45-3)31(23-10-13-25(36)14-11-23)32(22-8-6-5-7-9-22)33(39)34(43)38-29-17-12-24(20-37-29)35(44)46-4/h5-14,17,20-21,26-27,40-41H,15-16,18-19H2,1-4H3,(H,37,38,43)/t26-,27-/m1/s1. The Labute approximate surface area is 266 Å². The summed E-state index contributed by atoms with van der Waals surface area (Å²) in [6, 6.07) is 18.1. The van der Waals surface area contributed by atoms with Crippen LogP contribution in [0.25, 0.3) is 22.3 Å². The molecular weight excluding hydrogens is 593 g/mol. The van der Waals surface area contributed by atoms with E-state index in [1.54, 1.807) is 12.1 Å². The number of ether oxygens (including phenoxy) is 2. The highest BCUT2D eigenvalue weighted by molar-refractivity contribution is 6.11. The number of anilines is 1. The molecule has 0 fully saturated rings. The summed E-state index contributed by atoms with van der Waals surface area (Å²) in [6.45, 7) is 3.87. The van der Waals surface area contributed by atoms with Crippen LogP contribution in [0.5, 0.6) is 0 Å². The van der Waals surface area contributed by atoms with E-state index in [-0.39, 0.29) is 43.1 Å². The summed E-state index contributed by atoms with van der Waals surface area (Å²) in [5, 5.41) is 24.0. The number of aromatic nitrogens is 2. The number of amides is 1. The molecule has 2 aromatic carbocycles. The lowest BCUT2D eigenvalue weighted by atomic mass is 9.92. The Morgan fingerprint density at radius 3 is 2.15 bits per heavy atom. The van der Waals surface area contributed by atoms with Crippen molar-refractivity contribution < 1.29 is 38.5 Å². The topological polar surface area (TPSA) is 140 Å². The third-order valence-electron chi connectivity index (χ3n) is 7.55. The second-order valence-corrected chi connectivity index (χ2v) is 11.1. The van der Waals surface area contributed by atoms with E-state index in [2.05, 4.69) is 15.0 Å². The minimum absolute atomic E-state index is 0.0461. The lowest BCUT2D eigenvalue weighted by Gasteiger charge is -2.20. The van der Waals surface area contributed by atoms with Crippen LogP contribution in [-0.4, -0.2) is 64.0 Å². The molecule has 2 aromatic heterocycles. The minimum atomic E-state index is -1.09. The Kier molecular flexibility index (Phi) is 11.4. The van der Waals surface area contributed by atoms with E-state index in [0.717, 1.165) is 11.3 Å². The molecule has 0 saturated carbocycles. The Morgan fingerprint density at radius 1 is 0.891 bits per heavy atom. The van der Waals surface area contributed by atoms with Crippen molar-refractivity contribution in [1.29, 1.82) is 0 Å². The van der Waals surface area contributed by atoms with E-state index in [1.807, 2.05) is 48.7 Å². The van der Waals surface area contributed by atoms with E-state index in [9.17, 15) is 29.0 Å². The highest BCUT2D eigenvalue weighted by Gasteiger charge is 2.31. The quantitative estimate of drug-likeness (QED) is 0.163. The molecule has 1 amide bonds. The number of aliphatic hydroxyl groups excluding tert-OH is 2. The lowest BCUT2D eigenvalue weighted by molar-refractivity contribution is -0.143. The van der Waals surface area contributed by atoms with E-state index in [1.165, 1.54) is 44.7 Å². The summed E-state index contributed by atoms with van der Waals surface area (Å²) in [7, 11) is 2.50. The summed E-state index contributed by atoms with van der Waals surface area (Å²) < 4.78 is 25.4. The highest BCUT2D eigenvalue weighted by Crippen LogP contribution is 2.42. The van der Waals surface area contributed by atoms with Crippen LogP contribution in [0.4, 0.5) is 10.2 Å². The van der Waals surface area contributed by atoms with Crippen molar-refractivity contribution in [3.63, 3.8) is 0 Å². The summed E-state index contributed by atoms with van der Waals surface area (Å²) in [4.78, 5) is 41.9. The number of carbonyl (C=O) groups excluding carboxylic acids is 3. The van der Waals surface area contributed by atoms with Gasteiger partial charge in [-0.15, -0.1) is 0 Å². The van der Waals surface area contributed by atoms with Crippen LogP contribution in [0, 0.1) is 5.82 Å². The molecule has 0 unspecified atom stereocenters. The van der Waals surface area contributed by atoms with E-state index < -0.39 is 35.9 Å². The molecule has 4 aromatic rings. The first kappa shape index (κ1) is 34.0. The van der Waals surface area contributed by atoms with E-state index in [0.29, 0.717) is 22.4 Å². The molecule has 2 heterocycles. The average Bonchev–Trinajstić information content (AvgIpc) is 3.40. The number of methoxy groups -OCH3 is 2. The number of carbonyl (C=O) groups is 3. The summed E-state index contributed by atoms with van der Waals surface area (Å²) >= 11 is 0. The first-order valence-electron chi connectivity index (χ1n) is 14.9. The van der Waals surface area contributed by atoms with Crippen LogP contribution in [0.2, 0.25) is 0 Å². The zero-order valence-electron chi connectivity index (χ0n) is 26.2. The first-order valence-corrected chi connectivity index (χ1v) is 14.9. The van der Waals surface area contributed by atoms with Crippen molar-refractivity contribution >= 4 is 23.7 Å². The van der Waals surface area contributed by atoms with Gasteiger partial charge in [0.15, 0.2) is 0 Å². The SMILES string of the molecule is COC(=O)C[C@H](O)C[C@H](O)CCc1c(-c2ccc(F)cc2)c(-c2ccccc2)c(C(=O)Nc2ccc(C(=O)OC)cn2)n1C(C)C. The number of benzene rings is 2. The fourth-order valence-corrected chi connectivity index (χ4v) is 5.47. The molecule has 2 atom stereocenters. The van der Waals surface area contributed by atoms with Gasteiger partial charge in [0, 0.05) is 29.1 Å². The van der Waals surface area contributed by atoms with Crippen molar-refractivity contribution in [2.24, 2.45) is 0 Å². The van der Waals surface area contributed by atoms with Crippen molar-refractivity contribution in [2.75, 3.05) is 19.5 Å². The number of esters is 2. The molecule has 0 aliphatic rings. The second-order valence-electron chi connectivity index (χ2n) is 11.1. The van der Waals surface area contributed by atoms with Gasteiger partial charge in [-0.05, 0) is 68.5 Å². The van der Waals surface area contributed by atoms with Crippen LogP contribution >= 0.6 is 0 Å². The van der Waals surface area contributed by atoms with E-state index >= 15 is 0 Å². The zero-order valence-corrected chi connectivity index (χ0v) is 26.2. The van der Waals surface area contributed by atoms with Gasteiger partial charge in [0.05, 0.1) is 38.4 Å². The van der Waals surface area contributed by atoms with Crippen molar-refractivity contribution in [3.8, 4) is 22.3 Å². The van der Waals surface area contributed by atoms with Gasteiger partial charge in [0.1, 0.15) is 17.3 Å². The van der Waals surface area contributed by atoms with Crippen molar-refractivity contribution in [3.05, 3.63) is 95.7 Å². The van der Waals surface area contributed by atoms with Gasteiger partial charge in [-0.1, -0.05) is 42.5 Å². The molecule has 11 heteroatoms. The molecule has 46 heavy (non-hydrogen) atoms. The molecule has 0 aliphatic carbocycles. The largest absolute Gasteiger partial charge is 0.469 e. The maximum absolute atomic E-state index is 14.2. The molecule has 3 N–H and O–H groups in total. The van der Waals surface area contributed by atoms with Gasteiger partial charge in [-0.2, -0.15) is 0 Å². The molecule has 10 nitrogen and oxygen atoms in total. The Morgan fingerprint density at radius 2 is 1.57 bits per heavy atom. The van der Waals surface area contributed by atoms with Crippen molar-refractivity contribution in [1.82, 2.24) is 9.55 Å². The number of aliphatic hydroxyl groups is 2. The monoisotopic (exact) mass is 631 g/mol. The fourth-order valence-electron chi connectivity index (χ4n) is 5.47. The predicted molar refractivity (Wildman–Crippen MR) is 171 cm³/mol. The number of hydrogen-bond donors (Lipinski definition) is 3. The molecule has 0 bridgehead atoms. The summed E-state index contributed by atoms with van der Waals surface area (Å²) in [6.07, 6.45) is -0.539. The van der Waals surface area contributed by atoms with E-state index in [4.69, 9.17) is 4.74 Å². The summed E-state index contributed by atoms with van der Waals surface area (Å²) in [5.74, 6) is -1.80.